The second-order valence-corrected chi connectivity index (χ2v) is 10.6. The molecular formula is C23H31O3P. The molecule has 0 aromatic heterocycles. The average molecular weight is 386 g/mol. The number of rotatable bonds is 2. The van der Waals surface area contributed by atoms with E-state index in [1.54, 1.807) is 0 Å². The Morgan fingerprint density at radius 3 is 2.00 bits per heavy atom. The van der Waals surface area contributed by atoms with E-state index in [4.69, 9.17) is 13.6 Å². The van der Waals surface area contributed by atoms with Crippen LogP contribution in [0.2, 0.25) is 0 Å². The molecule has 2 aromatic carbocycles. The Hall–Kier alpha value is -1.57. The predicted molar refractivity (Wildman–Crippen MR) is 113 cm³/mol. The topological polar surface area (TPSA) is 27.7 Å². The molecular weight excluding hydrogens is 355 g/mol. The summed E-state index contributed by atoms with van der Waals surface area (Å²) in [5.74, 6) is 1.77. The van der Waals surface area contributed by atoms with E-state index in [0.717, 1.165) is 17.1 Å². The minimum Gasteiger partial charge on any atom is -0.417 e. The number of fused-ring (bicyclic) bond motifs is 1. The zero-order chi connectivity index (χ0) is 20.0. The van der Waals surface area contributed by atoms with E-state index < -0.39 is 8.60 Å². The summed E-state index contributed by atoms with van der Waals surface area (Å²) in [6.45, 7) is 18.0. The molecule has 3 rings (SSSR count). The molecule has 0 saturated heterocycles. The fourth-order valence-electron chi connectivity index (χ4n) is 3.24. The van der Waals surface area contributed by atoms with E-state index in [9.17, 15) is 0 Å². The van der Waals surface area contributed by atoms with Crippen molar-refractivity contribution in [2.45, 2.75) is 72.8 Å². The first kappa shape index (κ1) is 20.2. The van der Waals surface area contributed by atoms with Crippen LogP contribution in [0.25, 0.3) is 0 Å². The van der Waals surface area contributed by atoms with Gasteiger partial charge in [0.25, 0.3) is 0 Å². The summed E-state index contributed by atoms with van der Waals surface area (Å²) >= 11 is 0. The molecule has 0 aliphatic carbocycles. The van der Waals surface area contributed by atoms with E-state index in [0.29, 0.717) is 6.61 Å². The maximum Gasteiger partial charge on any atom is 0.463 e. The summed E-state index contributed by atoms with van der Waals surface area (Å²) in [6.07, 6.45) is 0. The Bertz CT molecular complexity index is 809. The normalized spacial score (nSPS) is 17.3. The van der Waals surface area contributed by atoms with Crippen LogP contribution in [0.15, 0.2) is 30.3 Å². The van der Waals surface area contributed by atoms with Crippen molar-refractivity contribution in [2.24, 2.45) is 0 Å². The molecule has 0 bridgehead atoms. The van der Waals surface area contributed by atoms with Gasteiger partial charge in [-0.3, -0.25) is 4.52 Å². The summed E-state index contributed by atoms with van der Waals surface area (Å²) in [5.41, 5.74) is 5.83. The lowest BCUT2D eigenvalue weighted by atomic mass is 9.78. The quantitative estimate of drug-likeness (QED) is 0.515. The van der Waals surface area contributed by atoms with Crippen molar-refractivity contribution < 1.29 is 13.6 Å². The van der Waals surface area contributed by atoms with Gasteiger partial charge in [-0.05, 0) is 30.7 Å². The van der Waals surface area contributed by atoms with Gasteiger partial charge < -0.3 is 9.05 Å². The van der Waals surface area contributed by atoms with Crippen LogP contribution < -0.4 is 9.05 Å². The molecule has 146 valence electrons. The van der Waals surface area contributed by atoms with Crippen LogP contribution >= 0.6 is 8.60 Å². The fourth-order valence-corrected chi connectivity index (χ4v) is 4.32. The summed E-state index contributed by atoms with van der Waals surface area (Å²) in [7, 11) is -1.48. The van der Waals surface area contributed by atoms with E-state index in [-0.39, 0.29) is 10.8 Å². The Kier molecular flexibility index (Phi) is 5.31. The summed E-state index contributed by atoms with van der Waals surface area (Å²) < 4.78 is 18.5. The number of hydrogen-bond donors (Lipinski definition) is 0. The van der Waals surface area contributed by atoms with Gasteiger partial charge in [-0.25, -0.2) is 0 Å². The van der Waals surface area contributed by atoms with Crippen LogP contribution in [0.1, 0.15) is 69.4 Å². The SMILES string of the molecule is Cc1ccc2c(c1)COP(Oc1c(C(C)(C)C)cc(C)cc1C(C)(C)C)O2. The minimum atomic E-state index is -1.48. The zero-order valence-corrected chi connectivity index (χ0v) is 18.7. The van der Waals surface area contributed by atoms with E-state index in [1.165, 1.54) is 22.3 Å². The highest BCUT2D eigenvalue weighted by Gasteiger charge is 2.32. The van der Waals surface area contributed by atoms with Crippen LogP contribution in [0.4, 0.5) is 0 Å². The molecule has 3 nitrogen and oxygen atoms in total. The maximum atomic E-state index is 6.43. The van der Waals surface area contributed by atoms with Gasteiger partial charge in [0.1, 0.15) is 11.5 Å². The summed E-state index contributed by atoms with van der Waals surface area (Å²) in [4.78, 5) is 0. The Labute approximate surface area is 165 Å². The van der Waals surface area contributed by atoms with Gasteiger partial charge in [-0.1, -0.05) is 76.9 Å². The van der Waals surface area contributed by atoms with Crippen LogP contribution in [0, 0.1) is 13.8 Å². The molecule has 1 atom stereocenters. The van der Waals surface area contributed by atoms with Gasteiger partial charge in [0.2, 0.25) is 0 Å². The fraction of sp³-hybridized carbons (Fsp3) is 0.478. The van der Waals surface area contributed by atoms with Crippen molar-refractivity contribution in [1.29, 1.82) is 0 Å². The lowest BCUT2D eigenvalue weighted by Crippen LogP contribution is -2.20. The van der Waals surface area contributed by atoms with Crippen LogP contribution in [-0.2, 0) is 22.0 Å². The molecule has 1 unspecified atom stereocenters. The predicted octanol–water partition coefficient (Wildman–Crippen LogP) is 7.11. The van der Waals surface area contributed by atoms with Crippen molar-refractivity contribution in [3.63, 3.8) is 0 Å². The van der Waals surface area contributed by atoms with E-state index in [2.05, 4.69) is 79.7 Å². The smallest absolute Gasteiger partial charge is 0.417 e. The first-order valence-electron chi connectivity index (χ1n) is 9.49. The van der Waals surface area contributed by atoms with Gasteiger partial charge in [0, 0.05) is 16.7 Å². The highest BCUT2D eigenvalue weighted by atomic mass is 31.2. The highest BCUT2D eigenvalue weighted by Crippen LogP contribution is 2.51. The first-order valence-corrected chi connectivity index (χ1v) is 10.6. The first-order chi connectivity index (χ1) is 12.4. The second kappa shape index (κ2) is 7.11. The average Bonchev–Trinajstić information content (AvgIpc) is 2.54. The van der Waals surface area contributed by atoms with E-state index >= 15 is 0 Å². The van der Waals surface area contributed by atoms with Gasteiger partial charge >= 0.3 is 8.60 Å². The highest BCUT2D eigenvalue weighted by molar-refractivity contribution is 7.42. The molecule has 0 N–H and O–H groups in total. The Morgan fingerprint density at radius 1 is 0.852 bits per heavy atom. The molecule has 0 saturated carbocycles. The van der Waals surface area contributed by atoms with Gasteiger partial charge in [-0.2, -0.15) is 0 Å². The maximum absolute atomic E-state index is 6.43. The summed E-state index contributed by atoms with van der Waals surface area (Å²) in [5, 5.41) is 0. The number of aryl methyl sites for hydroxylation is 2. The van der Waals surface area contributed by atoms with Gasteiger partial charge in [0.05, 0.1) is 6.61 Å². The third kappa shape index (κ3) is 4.47. The molecule has 4 heteroatoms. The van der Waals surface area contributed by atoms with Crippen LogP contribution in [-0.4, -0.2) is 0 Å². The standard InChI is InChI=1S/C23H31O3P/c1-15-9-10-20-17(11-15)14-24-27(25-20)26-21-18(22(3,4)5)12-16(2)13-19(21)23(6,7)8/h9-13H,14H2,1-8H3. The van der Waals surface area contributed by atoms with Gasteiger partial charge in [0.15, 0.2) is 0 Å². The van der Waals surface area contributed by atoms with Gasteiger partial charge in [-0.15, -0.1) is 0 Å². The molecule has 0 fully saturated rings. The minimum absolute atomic E-state index is 0.0402. The lowest BCUT2D eigenvalue weighted by molar-refractivity contribution is 0.231. The van der Waals surface area contributed by atoms with Crippen LogP contribution in [0.3, 0.4) is 0 Å². The third-order valence-corrected chi connectivity index (χ3v) is 5.75. The zero-order valence-electron chi connectivity index (χ0n) is 17.8. The van der Waals surface area contributed by atoms with Crippen molar-refractivity contribution in [2.75, 3.05) is 0 Å². The molecule has 1 aliphatic heterocycles. The van der Waals surface area contributed by atoms with Crippen molar-refractivity contribution in [3.8, 4) is 11.5 Å². The van der Waals surface area contributed by atoms with Crippen LogP contribution in [0.5, 0.6) is 11.5 Å². The Balaban J connectivity index is 2.00. The molecule has 1 heterocycles. The monoisotopic (exact) mass is 386 g/mol. The largest absolute Gasteiger partial charge is 0.463 e. The molecule has 0 amide bonds. The second-order valence-electron chi connectivity index (χ2n) is 9.48. The molecule has 27 heavy (non-hydrogen) atoms. The Morgan fingerprint density at radius 2 is 1.44 bits per heavy atom. The van der Waals surface area contributed by atoms with Crippen molar-refractivity contribution in [1.82, 2.24) is 0 Å². The molecule has 2 aromatic rings. The summed E-state index contributed by atoms with van der Waals surface area (Å²) in [6, 6.07) is 10.6. The van der Waals surface area contributed by atoms with E-state index in [1.807, 2.05) is 6.07 Å². The van der Waals surface area contributed by atoms with Crippen molar-refractivity contribution >= 4 is 8.60 Å². The van der Waals surface area contributed by atoms with Crippen molar-refractivity contribution in [3.05, 3.63) is 58.1 Å². The number of hydrogen-bond acceptors (Lipinski definition) is 3. The molecule has 0 radical (unpaired) electrons. The lowest BCUT2D eigenvalue weighted by Gasteiger charge is -2.32. The molecule has 0 spiro atoms. The number of benzene rings is 2. The third-order valence-electron chi connectivity index (χ3n) is 4.73. The molecule has 1 aliphatic rings.